The molecule has 0 aliphatic rings. The first-order valence-corrected chi connectivity index (χ1v) is 5.90. The molecular weight excluding hydrogens is 174 g/mol. The fourth-order valence-electron chi connectivity index (χ4n) is 1.29. The van der Waals surface area contributed by atoms with E-state index in [0.29, 0.717) is 6.10 Å². The van der Waals surface area contributed by atoms with Crippen LogP contribution >= 0.6 is 0 Å². The maximum Gasteiger partial charge on any atom is 0.0596 e. The van der Waals surface area contributed by atoms with Gasteiger partial charge in [0.15, 0.2) is 0 Å². The van der Waals surface area contributed by atoms with Gasteiger partial charge in [0.25, 0.3) is 0 Å². The molecule has 0 unspecified atom stereocenters. The zero-order chi connectivity index (χ0) is 11.0. The van der Waals surface area contributed by atoms with E-state index in [1.165, 1.54) is 13.0 Å². The van der Waals surface area contributed by atoms with Crippen LogP contribution in [0, 0.1) is 5.92 Å². The molecule has 0 fully saturated rings. The second-order valence-corrected chi connectivity index (χ2v) is 4.54. The van der Waals surface area contributed by atoms with Crippen LogP contribution < -0.4 is 0 Å². The maximum absolute atomic E-state index is 5.54. The lowest BCUT2D eigenvalue weighted by molar-refractivity contribution is 0.0591. The van der Waals surface area contributed by atoms with Crippen molar-refractivity contribution in [2.24, 2.45) is 5.92 Å². The molecule has 14 heavy (non-hydrogen) atoms. The molecule has 0 spiro atoms. The van der Waals surface area contributed by atoms with Gasteiger partial charge in [-0.3, -0.25) is 0 Å². The largest absolute Gasteiger partial charge is 0.377 e. The average molecular weight is 201 g/mol. The highest BCUT2D eigenvalue weighted by Gasteiger charge is 2.03. The van der Waals surface area contributed by atoms with Crippen molar-refractivity contribution in [3.8, 4) is 0 Å². The van der Waals surface area contributed by atoms with Crippen LogP contribution in [0.25, 0.3) is 0 Å². The number of hydrogen-bond acceptors (Lipinski definition) is 2. The fourth-order valence-corrected chi connectivity index (χ4v) is 1.29. The fraction of sp³-hybridized carbons (Fsp3) is 1.00. The van der Waals surface area contributed by atoms with Crippen LogP contribution in [0.15, 0.2) is 0 Å². The van der Waals surface area contributed by atoms with Gasteiger partial charge < -0.3 is 9.64 Å². The van der Waals surface area contributed by atoms with Crippen molar-refractivity contribution < 1.29 is 4.74 Å². The van der Waals surface area contributed by atoms with Gasteiger partial charge in [0.05, 0.1) is 12.7 Å². The number of hydrogen-bond donors (Lipinski definition) is 0. The Morgan fingerprint density at radius 2 is 1.71 bits per heavy atom. The molecule has 0 heterocycles. The molecule has 0 saturated carbocycles. The third-order valence-electron chi connectivity index (χ3n) is 2.33. The van der Waals surface area contributed by atoms with Gasteiger partial charge in [-0.2, -0.15) is 0 Å². The van der Waals surface area contributed by atoms with Crippen molar-refractivity contribution in [3.63, 3.8) is 0 Å². The predicted octanol–water partition coefficient (Wildman–Crippen LogP) is 2.78. The Hall–Kier alpha value is -0.0800. The first-order chi connectivity index (χ1) is 6.56. The third-order valence-corrected chi connectivity index (χ3v) is 2.33. The van der Waals surface area contributed by atoms with E-state index >= 15 is 0 Å². The Morgan fingerprint density at radius 3 is 2.14 bits per heavy atom. The standard InChI is InChI=1S/C12H27NO/c1-6-13(8-7-11(2)3)9-10-14-12(4)5/h11-12H,6-10H2,1-5H3. The molecule has 0 atom stereocenters. The Kier molecular flexibility index (Phi) is 8.20. The van der Waals surface area contributed by atoms with Gasteiger partial charge in [0.2, 0.25) is 0 Å². The Balaban J connectivity index is 3.48. The summed E-state index contributed by atoms with van der Waals surface area (Å²) < 4.78 is 5.54. The number of likely N-dealkylation sites (N-methyl/N-ethyl adjacent to an activating group) is 1. The minimum Gasteiger partial charge on any atom is -0.377 e. The zero-order valence-electron chi connectivity index (χ0n) is 10.5. The molecule has 2 nitrogen and oxygen atoms in total. The molecule has 0 rings (SSSR count). The van der Waals surface area contributed by atoms with E-state index in [-0.39, 0.29) is 0 Å². The van der Waals surface area contributed by atoms with Gasteiger partial charge in [-0.1, -0.05) is 20.8 Å². The molecule has 0 aliphatic heterocycles. The molecule has 0 radical (unpaired) electrons. The summed E-state index contributed by atoms with van der Waals surface area (Å²) in [5.41, 5.74) is 0. The molecule has 0 aromatic carbocycles. The van der Waals surface area contributed by atoms with Crippen LogP contribution in [0.4, 0.5) is 0 Å². The summed E-state index contributed by atoms with van der Waals surface area (Å²) in [6, 6.07) is 0. The van der Waals surface area contributed by atoms with Crippen LogP contribution in [0.2, 0.25) is 0 Å². The molecule has 0 aromatic heterocycles. The SMILES string of the molecule is CCN(CCOC(C)C)CCC(C)C. The van der Waals surface area contributed by atoms with E-state index in [1.807, 2.05) is 0 Å². The lowest BCUT2D eigenvalue weighted by Gasteiger charge is -2.21. The van der Waals surface area contributed by atoms with Crippen LogP contribution in [0.3, 0.4) is 0 Å². The van der Waals surface area contributed by atoms with E-state index in [9.17, 15) is 0 Å². The van der Waals surface area contributed by atoms with Gasteiger partial charge in [0, 0.05) is 6.54 Å². The van der Waals surface area contributed by atoms with Crippen LogP contribution in [0.1, 0.15) is 41.0 Å². The monoisotopic (exact) mass is 201 g/mol. The molecule has 0 aromatic rings. The van der Waals surface area contributed by atoms with E-state index in [0.717, 1.165) is 25.6 Å². The second-order valence-electron chi connectivity index (χ2n) is 4.54. The molecular formula is C12H27NO. The van der Waals surface area contributed by atoms with Gasteiger partial charge in [-0.15, -0.1) is 0 Å². The summed E-state index contributed by atoms with van der Waals surface area (Å²) in [4.78, 5) is 2.46. The summed E-state index contributed by atoms with van der Waals surface area (Å²) >= 11 is 0. The molecule has 86 valence electrons. The predicted molar refractivity (Wildman–Crippen MR) is 62.7 cm³/mol. The summed E-state index contributed by atoms with van der Waals surface area (Å²) in [5.74, 6) is 0.801. The van der Waals surface area contributed by atoms with Gasteiger partial charge in [0.1, 0.15) is 0 Å². The van der Waals surface area contributed by atoms with E-state index in [1.54, 1.807) is 0 Å². The molecule has 0 aliphatic carbocycles. The van der Waals surface area contributed by atoms with Crippen LogP contribution in [-0.4, -0.2) is 37.2 Å². The highest BCUT2D eigenvalue weighted by atomic mass is 16.5. The summed E-state index contributed by atoms with van der Waals surface area (Å²) in [5, 5.41) is 0. The van der Waals surface area contributed by atoms with Crippen molar-refractivity contribution in [2.45, 2.75) is 47.1 Å². The minimum absolute atomic E-state index is 0.360. The molecule has 0 saturated heterocycles. The molecule has 0 N–H and O–H groups in total. The average Bonchev–Trinajstić information content (AvgIpc) is 2.10. The summed E-state index contributed by atoms with van der Waals surface area (Å²) in [6.07, 6.45) is 1.65. The van der Waals surface area contributed by atoms with Crippen LogP contribution in [0.5, 0.6) is 0 Å². The van der Waals surface area contributed by atoms with E-state index in [4.69, 9.17) is 4.74 Å². The first-order valence-electron chi connectivity index (χ1n) is 5.90. The third kappa shape index (κ3) is 8.52. The number of nitrogens with zero attached hydrogens (tertiary/aromatic N) is 1. The lowest BCUT2D eigenvalue weighted by Crippen LogP contribution is -2.29. The number of ether oxygens (including phenoxy) is 1. The summed E-state index contributed by atoms with van der Waals surface area (Å²) in [7, 11) is 0. The van der Waals surface area contributed by atoms with E-state index < -0.39 is 0 Å². The van der Waals surface area contributed by atoms with Gasteiger partial charge >= 0.3 is 0 Å². The Bertz CT molecular complexity index is 123. The van der Waals surface area contributed by atoms with E-state index in [2.05, 4.69) is 39.5 Å². The minimum atomic E-state index is 0.360. The van der Waals surface area contributed by atoms with Crippen LogP contribution in [-0.2, 0) is 4.74 Å². The van der Waals surface area contributed by atoms with Crippen molar-refractivity contribution in [2.75, 3.05) is 26.2 Å². The smallest absolute Gasteiger partial charge is 0.0596 e. The Morgan fingerprint density at radius 1 is 1.07 bits per heavy atom. The topological polar surface area (TPSA) is 12.5 Å². The molecule has 2 heteroatoms. The molecule has 0 bridgehead atoms. The van der Waals surface area contributed by atoms with Crippen molar-refractivity contribution in [1.29, 1.82) is 0 Å². The quantitative estimate of drug-likeness (QED) is 0.599. The van der Waals surface area contributed by atoms with Gasteiger partial charge in [-0.05, 0) is 39.3 Å². The molecule has 0 amide bonds. The lowest BCUT2D eigenvalue weighted by atomic mass is 10.1. The maximum atomic E-state index is 5.54. The van der Waals surface area contributed by atoms with Gasteiger partial charge in [-0.25, -0.2) is 0 Å². The second kappa shape index (κ2) is 8.25. The summed E-state index contributed by atoms with van der Waals surface area (Å²) in [6.45, 7) is 15.2. The van der Waals surface area contributed by atoms with Crippen molar-refractivity contribution in [1.82, 2.24) is 4.90 Å². The first kappa shape index (κ1) is 13.9. The van der Waals surface area contributed by atoms with Crippen molar-refractivity contribution >= 4 is 0 Å². The normalized spacial score (nSPS) is 12.0. The highest BCUT2D eigenvalue weighted by molar-refractivity contribution is 4.57. The highest BCUT2D eigenvalue weighted by Crippen LogP contribution is 2.01. The zero-order valence-corrected chi connectivity index (χ0v) is 10.5. The number of rotatable bonds is 8. The van der Waals surface area contributed by atoms with Crippen molar-refractivity contribution in [3.05, 3.63) is 0 Å². The Labute approximate surface area is 89.6 Å².